The monoisotopic (exact) mass is 229 g/mol. The molecule has 0 unspecified atom stereocenters. The van der Waals surface area contributed by atoms with Gasteiger partial charge in [0.1, 0.15) is 0 Å². The van der Waals surface area contributed by atoms with Crippen molar-refractivity contribution in [1.29, 1.82) is 0 Å². The zero-order valence-electron chi connectivity index (χ0n) is 2.97. The van der Waals surface area contributed by atoms with Crippen LogP contribution in [-0.2, 0) is 0 Å². The molecule has 0 amide bonds. The molecule has 0 saturated carbocycles. The molecule has 0 aromatic carbocycles. The molecule has 0 atom stereocenters. The Kier molecular flexibility index (Phi) is 0.900. The first kappa shape index (κ1) is 7.55. The van der Waals surface area contributed by atoms with Gasteiger partial charge < -0.3 is 0 Å². The van der Waals surface area contributed by atoms with E-state index in [2.05, 4.69) is 0 Å². The topological polar surface area (TPSA) is 130 Å². The summed E-state index contributed by atoms with van der Waals surface area (Å²) >= 11 is -8.93. The molecule has 0 radical (unpaired) electrons. The molecule has 0 rings (SSSR count). The van der Waals surface area contributed by atoms with Gasteiger partial charge >= 0.3 is 38.7 Å². The third kappa shape index (κ3) is 449. The van der Waals surface area contributed by atoms with Gasteiger partial charge in [0, 0.05) is 0 Å². The van der Waals surface area contributed by atoms with Crippen LogP contribution in [0.3, 0.4) is 0 Å². The Labute approximate surface area is 39.3 Å². The molecule has 0 fully saturated rings. The van der Waals surface area contributed by atoms with Gasteiger partial charge in [-0.25, -0.2) is 0 Å². The molecule has 7 heavy (non-hydrogen) atoms. The van der Waals surface area contributed by atoms with Crippen molar-refractivity contribution >= 4 is 17.9 Å². The SMILES string of the molecule is [O-][Te]([O-])([O-])(O)(O)O. The molecule has 0 aromatic heterocycles. The predicted molar refractivity (Wildman–Crippen MR) is 12.4 cm³/mol. The molecule has 0 aliphatic heterocycles. The molecule has 0 heterocycles. The van der Waals surface area contributed by atoms with E-state index in [9.17, 15) is 0 Å². The van der Waals surface area contributed by atoms with Crippen molar-refractivity contribution in [3.8, 4) is 0 Å². The first-order valence-corrected chi connectivity index (χ1v) is 7.03. The summed E-state index contributed by atoms with van der Waals surface area (Å²) in [4.78, 5) is 0. The fourth-order valence-electron chi connectivity index (χ4n) is 0. The van der Waals surface area contributed by atoms with Crippen LogP contribution in [0.5, 0.6) is 0 Å². The van der Waals surface area contributed by atoms with Gasteiger partial charge in [0.25, 0.3) is 0 Å². The summed E-state index contributed by atoms with van der Waals surface area (Å²) in [7, 11) is 0. The Morgan fingerprint density at radius 2 is 0.857 bits per heavy atom. The standard InChI is InChI=1S/H6O6Te/c1-7(2,3,4,5)6/h1-6H/p-3. The molecule has 3 N–H and O–H groups in total. The third-order valence-electron chi connectivity index (χ3n) is 0. The minimum absolute atomic E-state index is 7.08. The van der Waals surface area contributed by atoms with Crippen LogP contribution in [-0.4, -0.2) is 28.3 Å². The Balaban J connectivity index is 4.43. The number of rotatable bonds is 0. The number of hydrogen-bond acceptors (Lipinski definition) is 6. The van der Waals surface area contributed by atoms with E-state index in [1.807, 2.05) is 0 Å². The average molecular weight is 227 g/mol. The van der Waals surface area contributed by atoms with E-state index >= 15 is 0 Å². The van der Waals surface area contributed by atoms with Crippen LogP contribution in [0.4, 0.5) is 0 Å². The van der Waals surface area contributed by atoms with Gasteiger partial charge in [0.2, 0.25) is 0 Å². The van der Waals surface area contributed by atoms with E-state index in [1.165, 1.54) is 0 Å². The first-order valence-electron chi connectivity index (χ1n) is 1.05. The third-order valence-corrected chi connectivity index (χ3v) is 0. The molecule has 0 aromatic rings. The van der Waals surface area contributed by atoms with Gasteiger partial charge in [-0.3, -0.25) is 0 Å². The van der Waals surface area contributed by atoms with Crippen molar-refractivity contribution in [1.82, 2.24) is 0 Å². The molecule has 0 saturated heterocycles. The predicted octanol–water partition coefficient (Wildman–Crippen LogP) is -5.62. The van der Waals surface area contributed by atoms with Gasteiger partial charge in [-0.15, -0.1) is 0 Å². The summed E-state index contributed by atoms with van der Waals surface area (Å²) in [5.74, 6) is 0. The second-order valence-corrected chi connectivity index (χ2v) is 7.51. The summed E-state index contributed by atoms with van der Waals surface area (Å²) in [6.45, 7) is 0. The van der Waals surface area contributed by atoms with E-state index in [0.717, 1.165) is 0 Å². The van der Waals surface area contributed by atoms with E-state index in [4.69, 9.17) is 20.8 Å². The second kappa shape index (κ2) is 0.834. The van der Waals surface area contributed by atoms with Crippen molar-refractivity contribution in [3.63, 3.8) is 0 Å². The Morgan fingerprint density at radius 3 is 0.857 bits per heavy atom. The zero-order valence-corrected chi connectivity index (χ0v) is 5.30. The summed E-state index contributed by atoms with van der Waals surface area (Å²) in [6, 6.07) is 0. The molecule has 0 bridgehead atoms. The molecule has 0 spiro atoms. The number of hydrogen-bond donors (Lipinski definition) is 3. The second-order valence-electron chi connectivity index (χ2n) is 1.12. The van der Waals surface area contributed by atoms with Crippen LogP contribution >= 0.6 is 0 Å². The van der Waals surface area contributed by atoms with E-state index < -0.39 is 17.9 Å². The summed E-state index contributed by atoms with van der Waals surface area (Å²) in [6.07, 6.45) is 0. The molecule has 48 valence electrons. The summed E-state index contributed by atoms with van der Waals surface area (Å²) < 4.78 is 48.3. The van der Waals surface area contributed by atoms with E-state index in [0.29, 0.717) is 0 Å². The van der Waals surface area contributed by atoms with Crippen molar-refractivity contribution in [2.24, 2.45) is 0 Å². The maximum atomic E-state index is 9.00. The first-order chi connectivity index (χ1) is 2.45. The van der Waals surface area contributed by atoms with E-state index in [-0.39, 0.29) is 0 Å². The van der Waals surface area contributed by atoms with Crippen molar-refractivity contribution in [2.45, 2.75) is 0 Å². The normalized spacial score (nSPS) is 23.1. The molecule has 6 nitrogen and oxygen atoms in total. The van der Waals surface area contributed by atoms with Crippen molar-refractivity contribution in [3.05, 3.63) is 0 Å². The zero-order chi connectivity index (χ0) is 6.41. The van der Waals surface area contributed by atoms with E-state index in [1.54, 1.807) is 0 Å². The minimum atomic E-state index is -8.93. The van der Waals surface area contributed by atoms with Gasteiger partial charge in [-0.05, 0) is 0 Å². The van der Waals surface area contributed by atoms with Crippen LogP contribution in [0.2, 0.25) is 0 Å². The molecular weight excluding hydrogens is 224 g/mol. The molecule has 7 heteroatoms. The Hall–Kier alpha value is 0.550. The van der Waals surface area contributed by atoms with Gasteiger partial charge in [0.15, 0.2) is 0 Å². The van der Waals surface area contributed by atoms with Crippen LogP contribution in [0, 0.1) is 0 Å². The molecule has 0 aliphatic carbocycles. The summed E-state index contributed by atoms with van der Waals surface area (Å²) in [5, 5.41) is 0. The van der Waals surface area contributed by atoms with Crippen LogP contribution in [0.1, 0.15) is 0 Å². The van der Waals surface area contributed by atoms with Gasteiger partial charge in [-0.2, -0.15) is 0 Å². The van der Waals surface area contributed by atoms with Gasteiger partial charge in [0.05, 0.1) is 0 Å². The molecule has 0 aliphatic rings. The summed E-state index contributed by atoms with van der Waals surface area (Å²) in [5.41, 5.74) is 0. The van der Waals surface area contributed by atoms with Crippen LogP contribution in [0.25, 0.3) is 0 Å². The van der Waals surface area contributed by atoms with Gasteiger partial charge in [-0.1, -0.05) is 0 Å². The Bertz CT molecular complexity index is 62.7. The van der Waals surface area contributed by atoms with Crippen LogP contribution < -0.4 is 10.4 Å². The maximum absolute atomic E-state index is 9.00. The molecular formula is H3O6Te-3. The fraction of sp³-hybridized carbons (Fsp3) is 0. The van der Waals surface area contributed by atoms with Crippen LogP contribution in [0.15, 0.2) is 0 Å². The fourth-order valence-corrected chi connectivity index (χ4v) is 0. The quantitative estimate of drug-likeness (QED) is 0.353. The Morgan fingerprint density at radius 1 is 0.857 bits per heavy atom. The van der Waals surface area contributed by atoms with Crippen molar-refractivity contribution < 1.29 is 20.8 Å². The van der Waals surface area contributed by atoms with Crippen molar-refractivity contribution in [2.75, 3.05) is 0 Å². The average Bonchev–Trinajstić information content (AvgIpc) is 0.592.